The number of anilines is 2. The predicted molar refractivity (Wildman–Crippen MR) is 193 cm³/mol. The number of hydrogen-bond donors (Lipinski definition) is 2. The first-order valence-electron chi connectivity index (χ1n) is 19.3. The Morgan fingerprint density at radius 3 is 2.49 bits per heavy atom. The number of nitrogens with zero attached hydrogens (tertiary/aromatic N) is 6. The fourth-order valence-electron chi connectivity index (χ4n) is 9.50. The van der Waals surface area contributed by atoms with Crippen LogP contribution in [0.3, 0.4) is 0 Å². The summed E-state index contributed by atoms with van der Waals surface area (Å²) in [5.74, 6) is 1.48. The number of aromatic nitrogens is 3. The van der Waals surface area contributed by atoms with E-state index >= 15 is 0 Å². The third-order valence-electron chi connectivity index (χ3n) is 12.7. The molecular formula is C39H52N8O2. The molecule has 1 atom stereocenters. The van der Waals surface area contributed by atoms with Crippen molar-refractivity contribution in [2.75, 3.05) is 49.5 Å². The Kier molecular flexibility index (Phi) is 7.95. The molecule has 0 unspecified atom stereocenters. The molecule has 2 aromatic heterocycles. The maximum absolute atomic E-state index is 14.9. The Labute approximate surface area is 290 Å². The minimum Gasteiger partial charge on any atom is -0.366 e. The zero-order valence-electron chi connectivity index (χ0n) is 29.3. The highest BCUT2D eigenvalue weighted by atomic mass is 16.2. The quantitative estimate of drug-likeness (QED) is 0.346. The van der Waals surface area contributed by atoms with E-state index in [-0.39, 0.29) is 29.8 Å². The summed E-state index contributed by atoms with van der Waals surface area (Å²) in [4.78, 5) is 45.3. The van der Waals surface area contributed by atoms with Crippen molar-refractivity contribution in [2.45, 2.75) is 114 Å². The van der Waals surface area contributed by atoms with Gasteiger partial charge in [-0.25, -0.2) is 9.97 Å². The molecule has 2 aliphatic carbocycles. The molecule has 2 saturated carbocycles. The van der Waals surface area contributed by atoms with Crippen molar-refractivity contribution in [2.24, 2.45) is 5.92 Å². The fraction of sp³-hybridized carbons (Fsp3) is 0.641. The summed E-state index contributed by atoms with van der Waals surface area (Å²) in [6, 6.07) is 10.3. The lowest BCUT2D eigenvalue weighted by Crippen LogP contribution is -2.58. The van der Waals surface area contributed by atoms with Gasteiger partial charge in [-0.1, -0.05) is 18.6 Å². The lowest BCUT2D eigenvalue weighted by molar-refractivity contribution is -0.139. The molecule has 9 rings (SSSR count). The molecule has 0 bridgehead atoms. The van der Waals surface area contributed by atoms with Gasteiger partial charge < -0.3 is 29.9 Å². The van der Waals surface area contributed by atoms with E-state index in [1.54, 1.807) is 0 Å². The molecule has 0 radical (unpaired) electrons. The number of rotatable bonds is 7. The minimum absolute atomic E-state index is 0.0613. The first-order chi connectivity index (χ1) is 23.9. The van der Waals surface area contributed by atoms with Crippen molar-refractivity contribution >= 4 is 34.4 Å². The molecular weight excluding hydrogens is 612 g/mol. The number of nitrogens with one attached hydrogen (secondary N) is 2. The molecule has 4 aliphatic heterocycles. The Bertz CT molecular complexity index is 1740. The largest absolute Gasteiger partial charge is 0.366 e. The minimum atomic E-state index is -0.572. The van der Waals surface area contributed by atoms with Gasteiger partial charge in [0.15, 0.2) is 5.82 Å². The van der Waals surface area contributed by atoms with Gasteiger partial charge in [0.25, 0.3) is 0 Å². The summed E-state index contributed by atoms with van der Waals surface area (Å²) in [7, 11) is 0. The fourth-order valence-corrected chi connectivity index (χ4v) is 9.50. The Morgan fingerprint density at radius 2 is 1.78 bits per heavy atom. The van der Waals surface area contributed by atoms with Gasteiger partial charge >= 0.3 is 0 Å². The number of amides is 2. The number of piperidine rings is 3. The van der Waals surface area contributed by atoms with E-state index in [0.717, 1.165) is 78.1 Å². The highest BCUT2D eigenvalue weighted by Crippen LogP contribution is 2.52. The lowest BCUT2D eigenvalue weighted by Gasteiger charge is -2.48. The van der Waals surface area contributed by atoms with E-state index in [0.29, 0.717) is 38.0 Å². The first kappa shape index (κ1) is 31.5. The summed E-state index contributed by atoms with van der Waals surface area (Å²) in [6.45, 7) is 9.80. The number of imidazole rings is 1. The van der Waals surface area contributed by atoms with E-state index in [1.807, 2.05) is 11.2 Å². The van der Waals surface area contributed by atoms with Gasteiger partial charge in [-0.3, -0.25) is 9.59 Å². The maximum Gasteiger partial charge on any atom is 0.238 e. The van der Waals surface area contributed by atoms with Gasteiger partial charge in [0.1, 0.15) is 5.52 Å². The van der Waals surface area contributed by atoms with Gasteiger partial charge in [0.2, 0.25) is 11.8 Å². The van der Waals surface area contributed by atoms with Crippen molar-refractivity contribution in [1.82, 2.24) is 29.7 Å². The third-order valence-corrected chi connectivity index (χ3v) is 12.7. The number of pyridine rings is 1. The Balaban J connectivity index is 1.05. The van der Waals surface area contributed by atoms with Gasteiger partial charge in [0.05, 0.1) is 28.9 Å². The monoisotopic (exact) mass is 664 g/mol. The van der Waals surface area contributed by atoms with Gasteiger partial charge in [-0.15, -0.1) is 0 Å². The topological polar surface area (TPSA) is 98.6 Å². The average Bonchev–Trinajstić information content (AvgIpc) is 3.77. The molecule has 1 aromatic carbocycles. The van der Waals surface area contributed by atoms with Crippen LogP contribution in [0.25, 0.3) is 22.3 Å². The lowest BCUT2D eigenvalue weighted by atomic mass is 9.73. The molecule has 1 spiro atoms. The Morgan fingerprint density at radius 1 is 0.980 bits per heavy atom. The summed E-state index contributed by atoms with van der Waals surface area (Å²) >= 11 is 0. The van der Waals surface area contributed by atoms with Crippen LogP contribution in [-0.4, -0.2) is 93.5 Å². The van der Waals surface area contributed by atoms with Crippen molar-refractivity contribution in [1.29, 1.82) is 0 Å². The summed E-state index contributed by atoms with van der Waals surface area (Å²) < 4.78 is 2.21. The number of hydrogen-bond acceptors (Lipinski definition) is 7. The third kappa shape index (κ3) is 5.44. The normalized spacial score (nSPS) is 27.2. The average molecular weight is 665 g/mol. The smallest absolute Gasteiger partial charge is 0.238 e. The van der Waals surface area contributed by atoms with Crippen LogP contribution in [0.5, 0.6) is 0 Å². The predicted octanol–water partition coefficient (Wildman–Crippen LogP) is 5.48. The number of carbonyl (C=O) groups is 2. The van der Waals surface area contributed by atoms with Crippen molar-refractivity contribution in [3.8, 4) is 11.3 Å². The molecule has 3 saturated heterocycles. The van der Waals surface area contributed by atoms with Gasteiger partial charge in [-0.05, 0) is 115 Å². The summed E-state index contributed by atoms with van der Waals surface area (Å²) in [5, 5.41) is 7.10. The van der Waals surface area contributed by atoms with Crippen LogP contribution >= 0.6 is 0 Å². The molecule has 10 heteroatoms. The second-order valence-electron chi connectivity index (χ2n) is 16.1. The molecule has 5 fully saturated rings. The van der Waals surface area contributed by atoms with Crippen LogP contribution in [0, 0.1) is 5.92 Å². The molecule has 49 heavy (non-hydrogen) atoms. The van der Waals surface area contributed by atoms with Gasteiger partial charge in [-0.2, -0.15) is 0 Å². The van der Waals surface area contributed by atoms with Crippen LogP contribution in [0.15, 0.2) is 30.6 Å². The van der Waals surface area contributed by atoms with E-state index in [1.165, 1.54) is 45.2 Å². The van der Waals surface area contributed by atoms with Crippen LogP contribution < -0.4 is 15.5 Å². The van der Waals surface area contributed by atoms with Crippen LogP contribution in [0.2, 0.25) is 0 Å². The van der Waals surface area contributed by atoms with E-state index < -0.39 is 5.41 Å². The van der Waals surface area contributed by atoms with Crippen LogP contribution in [0.4, 0.5) is 11.5 Å². The highest BCUT2D eigenvalue weighted by molar-refractivity contribution is 6.09. The second kappa shape index (κ2) is 12.4. The van der Waals surface area contributed by atoms with E-state index in [2.05, 4.69) is 63.1 Å². The van der Waals surface area contributed by atoms with Crippen molar-refractivity contribution < 1.29 is 9.59 Å². The highest BCUT2D eigenvalue weighted by Gasteiger charge is 2.56. The zero-order chi connectivity index (χ0) is 33.3. The van der Waals surface area contributed by atoms with Crippen molar-refractivity contribution in [3.05, 3.63) is 36.2 Å². The van der Waals surface area contributed by atoms with Crippen LogP contribution in [0.1, 0.15) is 96.1 Å². The molecule has 6 heterocycles. The summed E-state index contributed by atoms with van der Waals surface area (Å²) in [5.41, 5.74) is 5.56. The standard InChI is InChI=1S/C39H52N8O2/c1-25(2)46-24-41-33-22-32(43-36(35(33)46)42-28-9-10-28)26-8-11-31-34(19-26)47(30-20-29(21-30)44-15-4-3-5-16-44)38(49)39(31)12-17-45(18-13-39)37(48)27-7-6-14-40-23-27/h8,11,19,22,24-25,27-30,40H,3-7,9-10,12-18,20-21,23H2,1-2H3,(H,42,43)/t27-,29-,30+/m0/s1. The number of likely N-dealkylation sites (tertiary alicyclic amines) is 2. The molecule has 3 aromatic rings. The number of carbonyl (C=O) groups excluding carboxylic acids is 2. The molecule has 10 nitrogen and oxygen atoms in total. The zero-order valence-corrected chi connectivity index (χ0v) is 29.3. The van der Waals surface area contributed by atoms with Crippen molar-refractivity contribution in [3.63, 3.8) is 0 Å². The number of fused-ring (bicyclic) bond motifs is 3. The van der Waals surface area contributed by atoms with Crippen LogP contribution in [-0.2, 0) is 15.0 Å². The second-order valence-corrected chi connectivity index (χ2v) is 16.1. The van der Waals surface area contributed by atoms with Gasteiger partial charge in [0, 0.05) is 55.1 Å². The van der Waals surface area contributed by atoms with E-state index in [9.17, 15) is 9.59 Å². The summed E-state index contributed by atoms with van der Waals surface area (Å²) in [6.07, 6.45) is 13.6. The molecule has 2 amide bonds. The molecule has 260 valence electrons. The SMILES string of the molecule is CC(C)n1cnc2cc(-c3ccc4c(c3)N([C@H]3C[C@@H](N5CCCCC5)C3)C(=O)C43CCN(C(=O)[C@H]4CCCNC4)CC3)nc(NC3CC3)c21. The molecule has 2 N–H and O–H groups in total. The maximum atomic E-state index is 14.9. The first-order valence-corrected chi connectivity index (χ1v) is 19.3. The Hall–Kier alpha value is -3.50. The van der Waals surface area contributed by atoms with E-state index in [4.69, 9.17) is 9.97 Å². The molecule has 6 aliphatic rings. The number of benzene rings is 1.